The molecule has 0 spiro atoms. The van der Waals surface area contributed by atoms with Crippen LogP contribution >= 0.6 is 0 Å². The van der Waals surface area contributed by atoms with E-state index in [1.54, 1.807) is 26.8 Å². The molecule has 10 heteroatoms. The minimum Gasteiger partial charge on any atom is -0.464 e. The molecule has 2 aliphatic carbocycles. The number of morpholine rings is 1. The second-order valence-electron chi connectivity index (χ2n) is 12.2. The standard InChI is InChI=1S/C30H40FN3O6/c1-30(2,3)40-29(37)34-22-8-7-20(16-22)26(34)27(35)32-24(28(36)38-4)17-19-6-5-18-15-21(9-10-23(18)25(19)31)33-11-13-39-14-12-33/h5-6,17,20-22,26H,7-16H2,1-4H3,(H,32,35)/b24-17+/t20-,21?,22+,26-/m0/s1. The predicted octanol–water partition coefficient (Wildman–Crippen LogP) is 3.43. The number of nitrogens with zero attached hydrogens (tertiary/aromatic N) is 2. The first-order valence-corrected chi connectivity index (χ1v) is 14.3. The van der Waals surface area contributed by atoms with Crippen molar-refractivity contribution in [2.45, 2.75) is 83.0 Å². The monoisotopic (exact) mass is 557 g/mol. The van der Waals surface area contributed by atoms with Crippen LogP contribution in [-0.2, 0) is 36.6 Å². The lowest BCUT2D eigenvalue weighted by atomic mass is 9.85. The molecule has 0 radical (unpaired) electrons. The normalized spacial score (nSPS) is 26.8. The van der Waals surface area contributed by atoms with Crippen molar-refractivity contribution in [1.82, 2.24) is 15.1 Å². The molecular weight excluding hydrogens is 517 g/mol. The van der Waals surface area contributed by atoms with Crippen LogP contribution in [0, 0.1) is 11.7 Å². The van der Waals surface area contributed by atoms with Gasteiger partial charge in [0.1, 0.15) is 23.2 Å². The lowest BCUT2D eigenvalue weighted by Gasteiger charge is -2.37. The van der Waals surface area contributed by atoms with Gasteiger partial charge in [0.05, 0.1) is 20.3 Å². The van der Waals surface area contributed by atoms with Crippen LogP contribution in [0.25, 0.3) is 6.08 Å². The number of piperidine rings is 1. The highest BCUT2D eigenvalue weighted by Crippen LogP contribution is 2.43. The van der Waals surface area contributed by atoms with Crippen LogP contribution in [0.4, 0.5) is 9.18 Å². The van der Waals surface area contributed by atoms with E-state index in [1.165, 1.54) is 18.1 Å². The largest absolute Gasteiger partial charge is 0.464 e. The summed E-state index contributed by atoms with van der Waals surface area (Å²) in [6.07, 6.45) is 5.33. The predicted molar refractivity (Wildman–Crippen MR) is 146 cm³/mol. The number of nitrogens with one attached hydrogen (secondary N) is 1. The Morgan fingerprint density at radius 2 is 1.85 bits per heavy atom. The Kier molecular flexibility index (Phi) is 8.20. The summed E-state index contributed by atoms with van der Waals surface area (Å²) in [5, 5.41) is 2.66. The van der Waals surface area contributed by atoms with Crippen LogP contribution in [0.15, 0.2) is 17.8 Å². The molecule has 9 nitrogen and oxygen atoms in total. The molecule has 2 aliphatic heterocycles. The molecule has 2 amide bonds. The van der Waals surface area contributed by atoms with Crippen molar-refractivity contribution in [2.24, 2.45) is 5.92 Å². The number of ether oxygens (including phenoxy) is 3. The van der Waals surface area contributed by atoms with Gasteiger partial charge < -0.3 is 19.5 Å². The van der Waals surface area contributed by atoms with Crippen molar-refractivity contribution >= 4 is 24.0 Å². The van der Waals surface area contributed by atoms with E-state index in [1.807, 2.05) is 6.07 Å². The maximum absolute atomic E-state index is 15.7. The molecule has 2 saturated heterocycles. The van der Waals surface area contributed by atoms with E-state index < -0.39 is 29.6 Å². The molecule has 1 saturated carbocycles. The molecule has 1 aromatic rings. The Hall–Kier alpha value is -2.98. The second-order valence-corrected chi connectivity index (χ2v) is 12.2. The van der Waals surface area contributed by atoms with Crippen LogP contribution in [0.5, 0.6) is 0 Å². The number of amides is 2. The van der Waals surface area contributed by atoms with E-state index >= 15 is 4.39 Å². The van der Waals surface area contributed by atoms with Gasteiger partial charge in [0.15, 0.2) is 0 Å². The van der Waals surface area contributed by atoms with Crippen molar-refractivity contribution in [3.8, 4) is 0 Å². The number of hydrogen-bond acceptors (Lipinski definition) is 7. The Morgan fingerprint density at radius 3 is 2.55 bits per heavy atom. The zero-order valence-corrected chi connectivity index (χ0v) is 23.8. The van der Waals surface area contributed by atoms with Gasteiger partial charge in [-0.15, -0.1) is 0 Å². The smallest absolute Gasteiger partial charge is 0.411 e. The molecule has 4 atom stereocenters. The Labute approximate surface area is 235 Å². The van der Waals surface area contributed by atoms with Gasteiger partial charge >= 0.3 is 12.1 Å². The first kappa shape index (κ1) is 28.5. The number of likely N-dealkylation sites (tertiary alicyclic amines) is 1. The fraction of sp³-hybridized carbons (Fsp3) is 0.633. The summed E-state index contributed by atoms with van der Waals surface area (Å²) < 4.78 is 31.7. The molecule has 2 heterocycles. The number of carbonyl (C=O) groups is 3. The SMILES string of the molecule is COC(=O)/C(=C\c1ccc2c(c1F)CCC(N1CCOCC1)C2)NC(=O)[C@@H]1[C@H]2CC[C@H](C2)N1C(=O)OC(C)(C)C. The molecule has 3 fully saturated rings. The van der Waals surface area contributed by atoms with Gasteiger partial charge in [-0.2, -0.15) is 0 Å². The van der Waals surface area contributed by atoms with Gasteiger partial charge in [-0.1, -0.05) is 12.1 Å². The van der Waals surface area contributed by atoms with Gasteiger partial charge in [-0.25, -0.2) is 14.0 Å². The average molecular weight is 558 g/mol. The number of fused-ring (bicyclic) bond motifs is 3. The quantitative estimate of drug-likeness (QED) is 0.438. The third kappa shape index (κ3) is 5.88. The summed E-state index contributed by atoms with van der Waals surface area (Å²) in [4.78, 5) is 43.1. The van der Waals surface area contributed by atoms with Crippen molar-refractivity contribution in [2.75, 3.05) is 33.4 Å². The molecule has 1 N–H and O–H groups in total. The number of carbonyl (C=O) groups excluding carboxylic acids is 3. The van der Waals surface area contributed by atoms with E-state index in [2.05, 4.69) is 10.2 Å². The maximum Gasteiger partial charge on any atom is 0.411 e. The van der Waals surface area contributed by atoms with Crippen LogP contribution < -0.4 is 5.32 Å². The molecule has 0 aromatic heterocycles. The molecule has 4 aliphatic rings. The highest BCUT2D eigenvalue weighted by Gasteiger charge is 2.52. The summed E-state index contributed by atoms with van der Waals surface area (Å²) in [5.74, 6) is -1.70. The van der Waals surface area contributed by atoms with E-state index in [-0.39, 0.29) is 29.0 Å². The number of esters is 1. The number of methoxy groups -OCH3 is 1. The molecule has 1 unspecified atom stereocenters. The van der Waals surface area contributed by atoms with E-state index in [0.717, 1.165) is 57.6 Å². The topological polar surface area (TPSA) is 97.4 Å². The first-order chi connectivity index (χ1) is 19.1. The zero-order valence-electron chi connectivity index (χ0n) is 23.8. The van der Waals surface area contributed by atoms with Gasteiger partial charge in [0.25, 0.3) is 0 Å². The molecule has 40 heavy (non-hydrogen) atoms. The number of rotatable bonds is 5. The number of halogens is 1. The lowest BCUT2D eigenvalue weighted by molar-refractivity contribution is -0.138. The van der Waals surface area contributed by atoms with Gasteiger partial charge in [0.2, 0.25) is 5.91 Å². The highest BCUT2D eigenvalue weighted by atomic mass is 19.1. The maximum atomic E-state index is 15.7. The minimum atomic E-state index is -0.787. The van der Waals surface area contributed by atoms with Crippen molar-refractivity contribution in [3.63, 3.8) is 0 Å². The third-order valence-corrected chi connectivity index (χ3v) is 8.54. The summed E-state index contributed by atoms with van der Waals surface area (Å²) in [5.41, 5.74) is 0.957. The van der Waals surface area contributed by atoms with Crippen LogP contribution in [0.2, 0.25) is 0 Å². The van der Waals surface area contributed by atoms with Gasteiger partial charge in [-0.05, 0) is 82.4 Å². The molecule has 5 rings (SSSR count). The van der Waals surface area contributed by atoms with Crippen LogP contribution in [-0.4, -0.2) is 84.9 Å². The number of hydrogen-bond donors (Lipinski definition) is 1. The Bertz CT molecular complexity index is 1190. The van der Waals surface area contributed by atoms with E-state index in [0.29, 0.717) is 24.4 Å². The Morgan fingerprint density at radius 1 is 1.10 bits per heavy atom. The highest BCUT2D eigenvalue weighted by molar-refractivity contribution is 6.00. The van der Waals surface area contributed by atoms with Gasteiger partial charge in [0, 0.05) is 30.7 Å². The van der Waals surface area contributed by atoms with Crippen LogP contribution in [0.1, 0.15) is 63.1 Å². The lowest BCUT2D eigenvalue weighted by Crippen LogP contribution is -2.54. The molecular formula is C30H40FN3O6. The molecule has 218 valence electrons. The Balaban J connectivity index is 1.35. The second kappa shape index (κ2) is 11.5. The third-order valence-electron chi connectivity index (χ3n) is 8.54. The fourth-order valence-electron chi connectivity index (χ4n) is 6.69. The van der Waals surface area contributed by atoms with Crippen LogP contribution in [0.3, 0.4) is 0 Å². The minimum absolute atomic E-state index is 0.0312. The summed E-state index contributed by atoms with van der Waals surface area (Å²) in [6.45, 7) is 8.56. The molecule has 2 bridgehead atoms. The van der Waals surface area contributed by atoms with Crippen molar-refractivity contribution in [3.05, 3.63) is 40.3 Å². The zero-order chi connectivity index (χ0) is 28.6. The molecule has 1 aromatic carbocycles. The fourth-order valence-corrected chi connectivity index (χ4v) is 6.69. The summed E-state index contributed by atoms with van der Waals surface area (Å²) in [6, 6.07) is 3.06. The van der Waals surface area contributed by atoms with Crippen molar-refractivity contribution < 1.29 is 33.0 Å². The first-order valence-electron chi connectivity index (χ1n) is 14.3. The van der Waals surface area contributed by atoms with Gasteiger partial charge in [-0.3, -0.25) is 14.6 Å². The number of benzene rings is 1. The average Bonchev–Trinajstić information content (AvgIpc) is 3.55. The summed E-state index contributed by atoms with van der Waals surface area (Å²) >= 11 is 0. The van der Waals surface area contributed by atoms with E-state index in [9.17, 15) is 14.4 Å². The van der Waals surface area contributed by atoms with Crippen molar-refractivity contribution in [1.29, 1.82) is 0 Å². The summed E-state index contributed by atoms with van der Waals surface area (Å²) in [7, 11) is 1.21. The van der Waals surface area contributed by atoms with E-state index in [4.69, 9.17) is 14.2 Å².